The molecule has 0 amide bonds. The molecule has 31 heavy (non-hydrogen) atoms. The van der Waals surface area contributed by atoms with E-state index in [1.54, 1.807) is 19.2 Å². The molecule has 4 rings (SSSR count). The highest BCUT2D eigenvalue weighted by Crippen LogP contribution is 2.29. The van der Waals surface area contributed by atoms with Gasteiger partial charge in [-0.25, -0.2) is 4.98 Å². The molecule has 2 aromatic heterocycles. The number of aromatic nitrogens is 2. The molecule has 0 unspecified atom stereocenters. The Balaban J connectivity index is 1.70. The van der Waals surface area contributed by atoms with Crippen LogP contribution in [-0.4, -0.2) is 40.1 Å². The fraction of sp³-hybridized carbons (Fsp3) is 0.304. The lowest BCUT2D eigenvalue weighted by Gasteiger charge is -2.41. The second kappa shape index (κ2) is 8.39. The quantitative estimate of drug-likeness (QED) is 0.632. The van der Waals surface area contributed by atoms with E-state index in [1.165, 1.54) is 10.1 Å². The summed E-state index contributed by atoms with van der Waals surface area (Å²) in [6.45, 7) is 4.98. The van der Waals surface area contributed by atoms with Crippen LogP contribution in [0.5, 0.6) is 0 Å². The lowest BCUT2D eigenvalue weighted by Crippen LogP contribution is -2.52. The van der Waals surface area contributed by atoms with Gasteiger partial charge in [-0.1, -0.05) is 23.7 Å². The van der Waals surface area contributed by atoms with E-state index in [9.17, 15) is 15.3 Å². The van der Waals surface area contributed by atoms with Gasteiger partial charge in [-0.05, 0) is 36.8 Å². The van der Waals surface area contributed by atoms with E-state index in [2.05, 4.69) is 33.8 Å². The lowest BCUT2D eigenvalue weighted by molar-refractivity contribution is 0.181. The van der Waals surface area contributed by atoms with Crippen molar-refractivity contribution in [2.24, 2.45) is 7.05 Å². The third kappa shape index (κ3) is 3.86. The first-order valence-corrected chi connectivity index (χ1v) is 10.4. The minimum atomic E-state index is -0.354. The summed E-state index contributed by atoms with van der Waals surface area (Å²) < 4.78 is 1.42. The van der Waals surface area contributed by atoms with Gasteiger partial charge >= 0.3 is 0 Å². The molecule has 0 bridgehead atoms. The summed E-state index contributed by atoms with van der Waals surface area (Å²) in [5, 5.41) is 19.8. The number of rotatable bonds is 3. The van der Waals surface area contributed by atoms with Crippen molar-refractivity contribution in [3.05, 3.63) is 68.6 Å². The van der Waals surface area contributed by atoms with Gasteiger partial charge in [0.15, 0.2) is 0 Å². The molecule has 0 N–H and O–H groups in total. The Bertz CT molecular complexity index is 1290. The highest BCUT2D eigenvalue weighted by atomic mass is 35.5. The molecule has 0 aliphatic carbocycles. The summed E-state index contributed by atoms with van der Waals surface area (Å²) in [6, 6.07) is 15.5. The van der Waals surface area contributed by atoms with Crippen molar-refractivity contribution in [1.29, 1.82) is 10.5 Å². The maximum Gasteiger partial charge on any atom is 0.270 e. The number of aryl methyl sites for hydroxylation is 1. The Labute approximate surface area is 185 Å². The first-order chi connectivity index (χ1) is 14.9. The standard InChI is InChI=1S/C23H21ClN6O/c1-15-13-30(10-9-29(15)14-16-3-5-17(24)6-4-16)22-19(12-26)23(31)28(2)20-8-7-18(11-25)27-21(20)22/h3-8,15H,9-10,13-14H2,1-2H3/t15-/m1/s1. The Hall–Kier alpha value is -3.39. The predicted octanol–water partition coefficient (Wildman–Crippen LogP) is 3.04. The zero-order valence-electron chi connectivity index (χ0n) is 17.3. The molecule has 0 saturated carbocycles. The maximum atomic E-state index is 12.8. The number of anilines is 1. The molecule has 156 valence electrons. The normalized spacial score (nSPS) is 16.8. The van der Waals surface area contributed by atoms with Crippen molar-refractivity contribution in [3.8, 4) is 12.1 Å². The average molecular weight is 433 g/mol. The van der Waals surface area contributed by atoms with Crippen LogP contribution in [0.2, 0.25) is 5.02 Å². The molecule has 1 aliphatic heterocycles. The molecule has 1 aliphatic rings. The lowest BCUT2D eigenvalue weighted by atomic mass is 10.1. The molecule has 3 heterocycles. The summed E-state index contributed by atoms with van der Waals surface area (Å²) in [5.74, 6) is 0. The van der Waals surface area contributed by atoms with Crippen LogP contribution in [0.3, 0.4) is 0 Å². The van der Waals surface area contributed by atoms with Crippen molar-refractivity contribution < 1.29 is 0 Å². The molecule has 8 heteroatoms. The van der Waals surface area contributed by atoms with Crippen LogP contribution in [-0.2, 0) is 13.6 Å². The SMILES string of the molecule is C[C@@H]1CN(c2c(C#N)c(=O)n(C)c3ccc(C#N)nc23)CCN1Cc1ccc(Cl)cc1. The molecule has 0 spiro atoms. The number of fused-ring (bicyclic) bond motifs is 1. The number of piperazine rings is 1. The Morgan fingerprint density at radius 1 is 1.13 bits per heavy atom. The van der Waals surface area contributed by atoms with Crippen molar-refractivity contribution in [1.82, 2.24) is 14.5 Å². The maximum absolute atomic E-state index is 12.8. The van der Waals surface area contributed by atoms with E-state index in [0.717, 1.165) is 13.1 Å². The molecule has 0 radical (unpaired) electrons. The highest BCUT2D eigenvalue weighted by molar-refractivity contribution is 6.30. The van der Waals surface area contributed by atoms with Crippen LogP contribution < -0.4 is 10.5 Å². The van der Waals surface area contributed by atoms with Gasteiger partial charge in [0.05, 0.1) is 11.2 Å². The largest absolute Gasteiger partial charge is 0.366 e. The van der Waals surface area contributed by atoms with E-state index in [-0.39, 0.29) is 22.9 Å². The molecule has 3 aromatic rings. The van der Waals surface area contributed by atoms with Crippen LogP contribution in [0.15, 0.2) is 41.2 Å². The van der Waals surface area contributed by atoms with Crippen molar-refractivity contribution in [3.63, 3.8) is 0 Å². The van der Waals surface area contributed by atoms with Gasteiger partial charge in [-0.3, -0.25) is 9.69 Å². The van der Waals surface area contributed by atoms with E-state index in [4.69, 9.17) is 11.6 Å². The Morgan fingerprint density at radius 3 is 2.52 bits per heavy atom. The summed E-state index contributed by atoms with van der Waals surface area (Å²) in [5.41, 5.74) is 2.79. The highest BCUT2D eigenvalue weighted by Gasteiger charge is 2.29. The molecular weight excluding hydrogens is 412 g/mol. The van der Waals surface area contributed by atoms with Crippen LogP contribution in [0, 0.1) is 22.7 Å². The van der Waals surface area contributed by atoms with Crippen LogP contribution in [0.1, 0.15) is 23.7 Å². The van der Waals surface area contributed by atoms with Crippen molar-refractivity contribution in [2.45, 2.75) is 19.5 Å². The van der Waals surface area contributed by atoms with Crippen molar-refractivity contribution in [2.75, 3.05) is 24.5 Å². The molecule has 1 saturated heterocycles. The Morgan fingerprint density at radius 2 is 1.87 bits per heavy atom. The van der Waals surface area contributed by atoms with Gasteiger partial charge in [-0.15, -0.1) is 0 Å². The van der Waals surface area contributed by atoms with Crippen LogP contribution in [0.4, 0.5) is 5.69 Å². The number of nitriles is 2. The van der Waals surface area contributed by atoms with Gasteiger partial charge in [0.25, 0.3) is 5.56 Å². The van der Waals surface area contributed by atoms with E-state index < -0.39 is 0 Å². The first kappa shape index (κ1) is 20.9. The summed E-state index contributed by atoms with van der Waals surface area (Å²) in [4.78, 5) is 21.7. The Kier molecular flexibility index (Phi) is 5.65. The first-order valence-electron chi connectivity index (χ1n) is 10.00. The molecule has 1 aromatic carbocycles. The zero-order valence-corrected chi connectivity index (χ0v) is 18.1. The summed E-state index contributed by atoms with van der Waals surface area (Å²) in [7, 11) is 1.62. The van der Waals surface area contributed by atoms with E-state index in [0.29, 0.717) is 34.8 Å². The predicted molar refractivity (Wildman–Crippen MR) is 120 cm³/mol. The minimum Gasteiger partial charge on any atom is -0.366 e. The number of hydrogen-bond acceptors (Lipinski definition) is 6. The van der Waals surface area contributed by atoms with E-state index >= 15 is 0 Å². The summed E-state index contributed by atoms with van der Waals surface area (Å²) >= 11 is 5.99. The van der Waals surface area contributed by atoms with Gasteiger partial charge in [0.1, 0.15) is 28.9 Å². The fourth-order valence-corrected chi connectivity index (χ4v) is 4.25. The second-order valence-electron chi connectivity index (χ2n) is 7.77. The summed E-state index contributed by atoms with van der Waals surface area (Å²) in [6.07, 6.45) is 0. The van der Waals surface area contributed by atoms with Crippen LogP contribution in [0.25, 0.3) is 11.0 Å². The average Bonchev–Trinajstić information content (AvgIpc) is 2.78. The molecule has 7 nitrogen and oxygen atoms in total. The zero-order chi connectivity index (χ0) is 22.1. The van der Waals surface area contributed by atoms with Gasteiger partial charge in [0.2, 0.25) is 0 Å². The number of nitrogens with zero attached hydrogens (tertiary/aromatic N) is 6. The number of hydrogen-bond donors (Lipinski definition) is 0. The second-order valence-corrected chi connectivity index (χ2v) is 8.20. The third-order valence-corrected chi connectivity index (χ3v) is 6.07. The minimum absolute atomic E-state index is 0.0657. The molecule has 1 atom stereocenters. The van der Waals surface area contributed by atoms with Gasteiger partial charge in [-0.2, -0.15) is 10.5 Å². The van der Waals surface area contributed by atoms with Crippen molar-refractivity contribution >= 4 is 28.3 Å². The fourth-order valence-electron chi connectivity index (χ4n) is 4.12. The van der Waals surface area contributed by atoms with E-state index in [1.807, 2.05) is 24.3 Å². The molecular formula is C23H21ClN6O. The number of halogens is 1. The number of benzene rings is 1. The third-order valence-electron chi connectivity index (χ3n) is 5.82. The van der Waals surface area contributed by atoms with Gasteiger partial charge in [0, 0.05) is 44.3 Å². The topological polar surface area (TPSA) is 88.9 Å². The monoisotopic (exact) mass is 432 g/mol. The van der Waals surface area contributed by atoms with Crippen LogP contribution >= 0.6 is 11.6 Å². The number of pyridine rings is 2. The molecule has 1 fully saturated rings. The van der Waals surface area contributed by atoms with Gasteiger partial charge < -0.3 is 9.47 Å². The smallest absolute Gasteiger partial charge is 0.270 e.